The van der Waals surface area contributed by atoms with Crippen LogP contribution in [0.2, 0.25) is 0 Å². The van der Waals surface area contributed by atoms with Crippen LogP contribution in [0.15, 0.2) is 54.1 Å². The maximum absolute atomic E-state index is 11.7. The van der Waals surface area contributed by atoms with E-state index in [-0.39, 0.29) is 11.8 Å². The molecule has 2 aliphatic rings. The number of rotatable bonds is 6. The van der Waals surface area contributed by atoms with Gasteiger partial charge in [-0.3, -0.25) is 9.69 Å². The first-order valence-corrected chi connectivity index (χ1v) is 10.1. The van der Waals surface area contributed by atoms with E-state index in [1.807, 2.05) is 18.2 Å². The highest BCUT2D eigenvalue weighted by Gasteiger charge is 2.32. The Morgan fingerprint density at radius 1 is 1.14 bits per heavy atom. The quantitative estimate of drug-likeness (QED) is 0.837. The fourth-order valence-electron chi connectivity index (χ4n) is 4.17. The number of aryl methyl sites for hydroxylation is 1. The summed E-state index contributed by atoms with van der Waals surface area (Å²) in [7, 11) is 1.72. The van der Waals surface area contributed by atoms with Crippen LogP contribution in [0.5, 0.6) is 5.75 Å². The van der Waals surface area contributed by atoms with Gasteiger partial charge in [-0.25, -0.2) is 0 Å². The molecular formula is C24H28N2O2. The lowest BCUT2D eigenvalue weighted by Crippen LogP contribution is -2.53. The van der Waals surface area contributed by atoms with Crippen molar-refractivity contribution in [3.05, 3.63) is 70.8 Å². The number of likely N-dealkylation sites (tertiary alicyclic amines) is 1. The Morgan fingerprint density at radius 2 is 1.93 bits per heavy atom. The number of carbonyl (C=O) groups is 1. The Kier molecular flexibility index (Phi) is 5.49. The molecule has 2 aromatic carbocycles. The molecule has 1 heterocycles. The molecule has 4 heteroatoms. The molecule has 0 unspecified atom stereocenters. The zero-order valence-electron chi connectivity index (χ0n) is 16.7. The van der Waals surface area contributed by atoms with Crippen molar-refractivity contribution < 1.29 is 9.53 Å². The average molecular weight is 377 g/mol. The highest BCUT2D eigenvalue weighted by Crippen LogP contribution is 2.34. The number of fused-ring (bicyclic) bond motifs is 1. The molecule has 1 amide bonds. The summed E-state index contributed by atoms with van der Waals surface area (Å²) in [6, 6.07) is 16.8. The van der Waals surface area contributed by atoms with Gasteiger partial charge in [0.1, 0.15) is 12.4 Å². The van der Waals surface area contributed by atoms with Crippen LogP contribution in [0, 0.1) is 5.92 Å². The lowest BCUT2D eigenvalue weighted by molar-refractivity contribution is -0.129. The van der Waals surface area contributed by atoms with Crippen LogP contribution in [-0.4, -0.2) is 37.5 Å². The molecule has 2 aromatic rings. The summed E-state index contributed by atoms with van der Waals surface area (Å²) in [6.45, 7) is 5.55. The Balaban J connectivity index is 1.39. The standard InChI is InChI=1S/C24H28N2O2/c1-17-20(13-26-14-21(15-26)24(27)25-2)9-8-19-12-22(10-11-23(17)19)28-16-18-6-4-3-5-7-18/h3-7,10-12,21H,8-9,13-16H2,1-2H3,(H,25,27). The van der Waals surface area contributed by atoms with Crippen molar-refractivity contribution in [1.82, 2.24) is 10.2 Å². The highest BCUT2D eigenvalue weighted by molar-refractivity contribution is 5.79. The van der Waals surface area contributed by atoms with Crippen LogP contribution in [0.1, 0.15) is 30.0 Å². The molecule has 28 heavy (non-hydrogen) atoms. The zero-order valence-corrected chi connectivity index (χ0v) is 16.7. The summed E-state index contributed by atoms with van der Waals surface area (Å²) in [5.41, 5.74) is 6.79. The van der Waals surface area contributed by atoms with Crippen LogP contribution < -0.4 is 10.1 Å². The summed E-state index contributed by atoms with van der Waals surface area (Å²) in [6.07, 6.45) is 2.14. The van der Waals surface area contributed by atoms with Crippen LogP contribution in [-0.2, 0) is 17.8 Å². The van der Waals surface area contributed by atoms with Gasteiger partial charge in [0.25, 0.3) is 0 Å². The maximum Gasteiger partial charge on any atom is 0.225 e. The summed E-state index contributed by atoms with van der Waals surface area (Å²) in [5, 5.41) is 2.75. The van der Waals surface area contributed by atoms with Crippen molar-refractivity contribution in [2.45, 2.75) is 26.4 Å². The fraction of sp³-hybridized carbons (Fsp3) is 0.375. The topological polar surface area (TPSA) is 41.6 Å². The summed E-state index contributed by atoms with van der Waals surface area (Å²) in [4.78, 5) is 14.0. The Labute approximate surface area is 167 Å². The van der Waals surface area contributed by atoms with Crippen molar-refractivity contribution >= 4 is 11.5 Å². The largest absolute Gasteiger partial charge is 0.489 e. The number of nitrogens with zero attached hydrogens (tertiary/aromatic N) is 1. The first kappa shape index (κ1) is 18.8. The van der Waals surface area contributed by atoms with Crippen LogP contribution in [0.3, 0.4) is 0 Å². The van der Waals surface area contributed by atoms with Gasteiger partial charge in [-0.2, -0.15) is 0 Å². The minimum Gasteiger partial charge on any atom is -0.489 e. The number of carbonyl (C=O) groups excluding carboxylic acids is 1. The third-order valence-corrected chi connectivity index (χ3v) is 5.94. The van der Waals surface area contributed by atoms with Crippen molar-refractivity contribution in [2.75, 3.05) is 26.7 Å². The molecule has 0 aromatic heterocycles. The maximum atomic E-state index is 11.7. The van der Waals surface area contributed by atoms with Crippen molar-refractivity contribution in [2.24, 2.45) is 5.92 Å². The number of benzene rings is 2. The fourth-order valence-corrected chi connectivity index (χ4v) is 4.17. The molecule has 146 valence electrons. The van der Waals surface area contributed by atoms with Gasteiger partial charge in [0.15, 0.2) is 0 Å². The molecule has 1 aliphatic carbocycles. The molecule has 0 bridgehead atoms. The number of amides is 1. The predicted octanol–water partition coefficient (Wildman–Crippen LogP) is 3.66. The predicted molar refractivity (Wildman–Crippen MR) is 112 cm³/mol. The van der Waals surface area contributed by atoms with Gasteiger partial charge in [0.2, 0.25) is 5.91 Å². The third kappa shape index (κ3) is 3.97. The monoisotopic (exact) mass is 376 g/mol. The SMILES string of the molecule is CNC(=O)C1CN(CC2=C(C)c3ccc(OCc4ccccc4)cc3CC2)C1. The summed E-state index contributed by atoms with van der Waals surface area (Å²) in [5.74, 6) is 1.26. The minimum atomic E-state index is 0.158. The van der Waals surface area contributed by atoms with Crippen LogP contribution >= 0.6 is 0 Å². The summed E-state index contributed by atoms with van der Waals surface area (Å²) < 4.78 is 5.99. The Hall–Kier alpha value is -2.59. The van der Waals surface area contributed by atoms with E-state index in [1.165, 1.54) is 27.8 Å². The van der Waals surface area contributed by atoms with Gasteiger partial charge in [-0.15, -0.1) is 0 Å². The number of allylic oxidation sites excluding steroid dienone is 1. The van der Waals surface area contributed by atoms with E-state index in [0.29, 0.717) is 6.61 Å². The van der Waals surface area contributed by atoms with E-state index < -0.39 is 0 Å². The van der Waals surface area contributed by atoms with Gasteiger partial charge in [-0.1, -0.05) is 42.0 Å². The van der Waals surface area contributed by atoms with E-state index in [0.717, 1.165) is 38.2 Å². The van der Waals surface area contributed by atoms with Crippen molar-refractivity contribution in [3.63, 3.8) is 0 Å². The molecule has 0 spiro atoms. The second-order valence-electron chi connectivity index (χ2n) is 7.83. The molecule has 0 saturated carbocycles. The molecule has 4 nitrogen and oxygen atoms in total. The molecule has 1 fully saturated rings. The second-order valence-corrected chi connectivity index (χ2v) is 7.83. The Morgan fingerprint density at radius 3 is 2.68 bits per heavy atom. The normalized spacial score (nSPS) is 17.1. The first-order chi connectivity index (χ1) is 13.6. The highest BCUT2D eigenvalue weighted by atomic mass is 16.5. The molecular weight excluding hydrogens is 348 g/mol. The smallest absolute Gasteiger partial charge is 0.225 e. The minimum absolute atomic E-state index is 0.158. The number of ether oxygens (including phenoxy) is 1. The van der Waals surface area contributed by atoms with Gasteiger partial charge in [-0.05, 0) is 54.2 Å². The second kappa shape index (κ2) is 8.19. The molecule has 0 radical (unpaired) electrons. The van der Waals surface area contributed by atoms with E-state index in [2.05, 4.69) is 47.5 Å². The van der Waals surface area contributed by atoms with E-state index >= 15 is 0 Å². The lowest BCUT2D eigenvalue weighted by Gasteiger charge is -2.39. The number of hydrogen-bond acceptors (Lipinski definition) is 3. The van der Waals surface area contributed by atoms with Crippen molar-refractivity contribution in [1.29, 1.82) is 0 Å². The van der Waals surface area contributed by atoms with E-state index in [9.17, 15) is 4.79 Å². The van der Waals surface area contributed by atoms with E-state index in [1.54, 1.807) is 7.05 Å². The molecule has 0 atom stereocenters. The average Bonchev–Trinajstić information content (AvgIpc) is 2.70. The number of hydrogen-bond donors (Lipinski definition) is 1. The summed E-state index contributed by atoms with van der Waals surface area (Å²) >= 11 is 0. The Bertz CT molecular complexity index is 883. The van der Waals surface area contributed by atoms with Crippen molar-refractivity contribution in [3.8, 4) is 5.75 Å². The molecule has 4 rings (SSSR count). The first-order valence-electron chi connectivity index (χ1n) is 10.1. The van der Waals surface area contributed by atoms with Gasteiger partial charge in [0, 0.05) is 26.7 Å². The van der Waals surface area contributed by atoms with Crippen LogP contribution in [0.4, 0.5) is 0 Å². The van der Waals surface area contributed by atoms with Gasteiger partial charge < -0.3 is 10.1 Å². The lowest BCUT2D eigenvalue weighted by atomic mass is 9.85. The van der Waals surface area contributed by atoms with Crippen LogP contribution in [0.25, 0.3) is 5.57 Å². The van der Waals surface area contributed by atoms with E-state index in [4.69, 9.17) is 4.74 Å². The molecule has 1 N–H and O–H groups in total. The molecule has 1 aliphatic heterocycles. The van der Waals surface area contributed by atoms with Gasteiger partial charge in [0.05, 0.1) is 5.92 Å². The molecule has 1 saturated heterocycles. The van der Waals surface area contributed by atoms with Gasteiger partial charge >= 0.3 is 0 Å². The third-order valence-electron chi connectivity index (χ3n) is 5.94. The zero-order chi connectivity index (χ0) is 19.5. The number of nitrogens with one attached hydrogen (secondary N) is 1.